The van der Waals surface area contributed by atoms with Gasteiger partial charge >= 0.3 is 0 Å². The maximum Gasteiger partial charge on any atom is 0.209 e. The Bertz CT molecular complexity index is 2450. The molecule has 0 saturated heterocycles. The first-order chi connectivity index (χ1) is 26.2. The first-order valence-corrected chi connectivity index (χ1v) is 19.9. The second-order valence-electron chi connectivity index (χ2n) is 12.2. The fourth-order valence-corrected chi connectivity index (χ4v) is 9.12. The number of benzene rings is 4. The second kappa shape index (κ2) is 15.6. The predicted molar refractivity (Wildman–Crippen MR) is 213 cm³/mol. The van der Waals surface area contributed by atoms with Crippen LogP contribution in [0.1, 0.15) is 22.3 Å². The van der Waals surface area contributed by atoms with Gasteiger partial charge in [0.1, 0.15) is 10.1 Å². The minimum Gasteiger partial charge on any atom is -0.224 e. The maximum absolute atomic E-state index is 6.73. The van der Waals surface area contributed by atoms with Gasteiger partial charge in [0.15, 0.2) is 0 Å². The summed E-state index contributed by atoms with van der Waals surface area (Å²) in [7, 11) is 2.78. The van der Waals surface area contributed by atoms with E-state index in [2.05, 4.69) is 32.8 Å². The van der Waals surface area contributed by atoms with E-state index in [-0.39, 0.29) is 0 Å². The molecular formula is C36H26Cl4N12S2. The Labute approximate surface area is 336 Å². The third kappa shape index (κ3) is 7.76. The van der Waals surface area contributed by atoms with E-state index in [1.807, 2.05) is 50.2 Å². The summed E-state index contributed by atoms with van der Waals surface area (Å²) in [5, 5.41) is 39.6. The molecule has 4 aromatic carbocycles. The molecule has 0 N–H and O–H groups in total. The summed E-state index contributed by atoms with van der Waals surface area (Å²) in [6.45, 7) is 4.99. The highest BCUT2D eigenvalue weighted by molar-refractivity contribution is 8.76. The van der Waals surface area contributed by atoms with Crippen LogP contribution in [0.5, 0.6) is 0 Å². The predicted octanol–water partition coefficient (Wildman–Crippen LogP) is 9.49. The number of hydrogen-bond acceptors (Lipinski definition) is 10. The van der Waals surface area contributed by atoms with Crippen molar-refractivity contribution in [2.24, 2.45) is 0 Å². The van der Waals surface area contributed by atoms with Crippen molar-refractivity contribution in [1.82, 2.24) is 60.0 Å². The fourth-order valence-electron chi connectivity index (χ4n) is 5.65. The molecule has 4 heterocycles. The van der Waals surface area contributed by atoms with E-state index < -0.39 is 0 Å². The summed E-state index contributed by atoms with van der Waals surface area (Å²) in [4.78, 5) is 3.11. The Morgan fingerprint density at radius 1 is 0.556 bits per heavy atom. The van der Waals surface area contributed by atoms with Gasteiger partial charge in [0.25, 0.3) is 0 Å². The minimum atomic E-state index is 0.386. The number of hydrogen-bond donors (Lipinski definition) is 0. The topological polar surface area (TPSA) is 123 Å². The normalized spacial score (nSPS) is 11.4. The Hall–Kier alpha value is -4.70. The second-order valence-corrected chi connectivity index (χ2v) is 16.0. The SMILES string of the molecule is Cc1cccc(Cn2nnc(-c3cnn(-c4ccc(Cl)cc4Cl)c3SSc3c(-c4nnn(Cc5cccc(C)c5)n4)cnn3-c3ccc(Cl)cc3Cl)n2)c1. The number of aromatic nitrogens is 12. The third-order valence-corrected chi connectivity index (χ3v) is 11.6. The van der Waals surface area contributed by atoms with Crippen molar-refractivity contribution in [2.45, 2.75) is 37.0 Å². The summed E-state index contributed by atoms with van der Waals surface area (Å²) in [5.74, 6) is 0.773. The zero-order valence-electron chi connectivity index (χ0n) is 28.3. The zero-order chi connectivity index (χ0) is 37.3. The van der Waals surface area contributed by atoms with Crippen molar-refractivity contribution in [1.29, 1.82) is 0 Å². The van der Waals surface area contributed by atoms with Crippen LogP contribution in [-0.4, -0.2) is 60.0 Å². The molecular weight excluding hydrogens is 806 g/mol. The van der Waals surface area contributed by atoms with E-state index in [1.165, 1.54) is 21.6 Å². The average Bonchev–Trinajstić information content (AvgIpc) is 3.95. The van der Waals surface area contributed by atoms with E-state index in [0.717, 1.165) is 22.3 Å². The quantitative estimate of drug-likeness (QED) is 0.117. The summed E-state index contributed by atoms with van der Waals surface area (Å²) in [6, 6.07) is 26.8. The van der Waals surface area contributed by atoms with Crippen LogP contribution in [0.25, 0.3) is 34.2 Å². The third-order valence-electron chi connectivity index (χ3n) is 8.13. The van der Waals surface area contributed by atoms with Crippen LogP contribution in [0.3, 0.4) is 0 Å². The lowest BCUT2D eigenvalue weighted by atomic mass is 10.1. The highest BCUT2D eigenvalue weighted by Gasteiger charge is 2.25. The van der Waals surface area contributed by atoms with Gasteiger partial charge in [-0.3, -0.25) is 0 Å². The molecule has 18 heteroatoms. The molecule has 0 aliphatic rings. The van der Waals surface area contributed by atoms with Gasteiger partial charge in [0.2, 0.25) is 11.6 Å². The highest BCUT2D eigenvalue weighted by atomic mass is 35.5. The van der Waals surface area contributed by atoms with Gasteiger partial charge in [-0.2, -0.15) is 19.8 Å². The van der Waals surface area contributed by atoms with E-state index in [1.54, 1.807) is 67.7 Å². The standard InChI is InChI=1S/C36H26Cl4N12S2/c1-21-5-3-7-23(13-21)19-49-45-33(43-47-49)27-17-41-51(31-11-9-25(37)15-29(31)39)35(27)53-54-36-28(18-42-52(36)32-12-10-26(38)16-30(32)40)34-44-48-50(46-34)20-24-8-4-6-22(2)14-24/h3-18H,19-20H2,1-2H3. The van der Waals surface area contributed by atoms with E-state index in [4.69, 9.17) is 66.8 Å². The van der Waals surface area contributed by atoms with Crippen molar-refractivity contribution in [3.63, 3.8) is 0 Å². The molecule has 8 aromatic rings. The van der Waals surface area contributed by atoms with Gasteiger partial charge in [0.05, 0.1) is 58.0 Å². The van der Waals surface area contributed by atoms with E-state index >= 15 is 0 Å². The Kier molecular flexibility index (Phi) is 10.5. The lowest BCUT2D eigenvalue weighted by molar-refractivity contribution is 0.572. The molecule has 0 aliphatic carbocycles. The summed E-state index contributed by atoms with van der Waals surface area (Å²) < 4.78 is 3.44. The molecule has 0 unspecified atom stereocenters. The van der Waals surface area contributed by atoms with E-state index in [0.29, 0.717) is 77.4 Å². The summed E-state index contributed by atoms with van der Waals surface area (Å²) in [5.41, 5.74) is 6.88. The van der Waals surface area contributed by atoms with Gasteiger partial charge in [-0.15, -0.1) is 20.4 Å². The van der Waals surface area contributed by atoms with Crippen LogP contribution in [0.4, 0.5) is 0 Å². The van der Waals surface area contributed by atoms with Gasteiger partial charge < -0.3 is 0 Å². The molecule has 270 valence electrons. The largest absolute Gasteiger partial charge is 0.224 e. The van der Waals surface area contributed by atoms with Crippen molar-refractivity contribution in [3.05, 3.63) is 140 Å². The number of rotatable bonds is 11. The summed E-state index contributed by atoms with van der Waals surface area (Å²) >= 11 is 26.0. The minimum absolute atomic E-state index is 0.386. The first kappa shape index (κ1) is 36.3. The summed E-state index contributed by atoms with van der Waals surface area (Å²) in [6.07, 6.45) is 3.38. The molecule has 0 amide bonds. The molecule has 54 heavy (non-hydrogen) atoms. The van der Waals surface area contributed by atoms with Gasteiger partial charge in [-0.1, -0.05) is 106 Å². The molecule has 12 nitrogen and oxygen atoms in total. The molecule has 0 spiro atoms. The molecule has 0 atom stereocenters. The number of aryl methyl sites for hydroxylation is 2. The highest BCUT2D eigenvalue weighted by Crippen LogP contribution is 2.46. The van der Waals surface area contributed by atoms with Gasteiger partial charge in [-0.05, 0) is 93.4 Å². The van der Waals surface area contributed by atoms with Crippen molar-refractivity contribution in [3.8, 4) is 34.2 Å². The Morgan fingerprint density at radius 3 is 1.41 bits per heavy atom. The van der Waals surface area contributed by atoms with Crippen molar-refractivity contribution >= 4 is 68.0 Å². The van der Waals surface area contributed by atoms with Crippen LogP contribution >= 0.6 is 68.0 Å². The molecule has 8 rings (SSSR count). The smallest absolute Gasteiger partial charge is 0.209 e. The van der Waals surface area contributed by atoms with Crippen LogP contribution in [0, 0.1) is 13.8 Å². The van der Waals surface area contributed by atoms with Crippen molar-refractivity contribution < 1.29 is 0 Å². The number of halogens is 4. The van der Waals surface area contributed by atoms with Crippen LogP contribution < -0.4 is 0 Å². The number of tetrazole rings is 2. The maximum atomic E-state index is 6.73. The molecule has 0 bridgehead atoms. The van der Waals surface area contributed by atoms with Crippen LogP contribution in [0.15, 0.2) is 107 Å². The van der Waals surface area contributed by atoms with Crippen LogP contribution in [0.2, 0.25) is 20.1 Å². The average molecular weight is 833 g/mol. The molecule has 0 aliphatic heterocycles. The van der Waals surface area contributed by atoms with Gasteiger partial charge in [0, 0.05) is 10.0 Å². The zero-order valence-corrected chi connectivity index (χ0v) is 33.0. The van der Waals surface area contributed by atoms with E-state index in [9.17, 15) is 0 Å². The monoisotopic (exact) mass is 830 g/mol. The Balaban J connectivity index is 1.19. The lowest BCUT2D eigenvalue weighted by Gasteiger charge is -2.12. The molecule has 0 saturated carbocycles. The number of nitrogens with zero attached hydrogens (tertiary/aromatic N) is 12. The fraction of sp³-hybridized carbons (Fsp3) is 0.111. The van der Waals surface area contributed by atoms with Gasteiger partial charge in [-0.25, -0.2) is 9.36 Å². The molecule has 0 radical (unpaired) electrons. The molecule has 4 aromatic heterocycles. The Morgan fingerprint density at radius 2 is 1.00 bits per heavy atom. The molecule has 0 fully saturated rings. The lowest BCUT2D eigenvalue weighted by Crippen LogP contribution is -2.04. The first-order valence-electron chi connectivity index (χ1n) is 16.3. The van der Waals surface area contributed by atoms with Crippen LogP contribution in [-0.2, 0) is 13.1 Å². The van der Waals surface area contributed by atoms with Crippen molar-refractivity contribution in [2.75, 3.05) is 0 Å².